The summed E-state index contributed by atoms with van der Waals surface area (Å²) in [7, 11) is 0. The predicted molar refractivity (Wildman–Crippen MR) is 152 cm³/mol. The van der Waals surface area contributed by atoms with E-state index in [4.69, 9.17) is 23.7 Å². The maximum Gasteiger partial charge on any atom is 0.161 e. The maximum absolute atomic E-state index is 10.3. The molecule has 4 rings (SSSR count). The molecule has 4 aromatic rings. The summed E-state index contributed by atoms with van der Waals surface area (Å²) in [5, 5.41) is 20.5. The Morgan fingerprint density at radius 2 is 0.795 bits per heavy atom. The van der Waals surface area contributed by atoms with Crippen LogP contribution in [0.25, 0.3) is 22.3 Å². The standard InChI is InChI=1S/C32H34O7/c1-5-35-29-19-27(33)31(37-7-3)17-25(29)21-9-13-23(14-10-21)39-24-15-11-22(12-16-24)26-18-32(38-8-4)28(34)20-30(26)36-6-2/h9-20,33-34H,5-8H2,1-4H3. The third kappa shape index (κ3) is 6.49. The first-order valence-corrected chi connectivity index (χ1v) is 13.1. The molecule has 0 saturated carbocycles. The molecule has 0 amide bonds. The van der Waals surface area contributed by atoms with Crippen LogP contribution in [0.3, 0.4) is 0 Å². The number of hydrogen-bond donors (Lipinski definition) is 2. The molecule has 39 heavy (non-hydrogen) atoms. The molecule has 0 fully saturated rings. The van der Waals surface area contributed by atoms with Crippen LogP contribution in [0, 0.1) is 0 Å². The summed E-state index contributed by atoms with van der Waals surface area (Å²) >= 11 is 0. The van der Waals surface area contributed by atoms with Crippen molar-refractivity contribution in [2.24, 2.45) is 0 Å². The second kappa shape index (κ2) is 12.8. The third-order valence-corrected chi connectivity index (χ3v) is 5.89. The summed E-state index contributed by atoms with van der Waals surface area (Å²) in [4.78, 5) is 0. The van der Waals surface area contributed by atoms with E-state index in [0.717, 1.165) is 22.3 Å². The summed E-state index contributed by atoms with van der Waals surface area (Å²) in [5.41, 5.74) is 3.45. The van der Waals surface area contributed by atoms with Gasteiger partial charge in [0.05, 0.1) is 26.4 Å². The molecule has 0 bridgehead atoms. The molecule has 0 saturated heterocycles. The van der Waals surface area contributed by atoms with Crippen LogP contribution in [0.4, 0.5) is 0 Å². The summed E-state index contributed by atoms with van der Waals surface area (Å²) in [6.07, 6.45) is 0. The lowest BCUT2D eigenvalue weighted by molar-refractivity contribution is 0.311. The number of ether oxygens (including phenoxy) is 5. The van der Waals surface area contributed by atoms with E-state index < -0.39 is 0 Å². The molecule has 0 aromatic heterocycles. The van der Waals surface area contributed by atoms with Gasteiger partial charge in [0.15, 0.2) is 23.0 Å². The number of rotatable bonds is 12. The van der Waals surface area contributed by atoms with Crippen LogP contribution in [0.15, 0.2) is 72.8 Å². The van der Waals surface area contributed by atoms with Gasteiger partial charge < -0.3 is 33.9 Å². The molecule has 2 N–H and O–H groups in total. The number of phenols is 2. The molecule has 4 aromatic carbocycles. The molecule has 0 unspecified atom stereocenters. The van der Waals surface area contributed by atoms with Gasteiger partial charge in [-0.1, -0.05) is 24.3 Å². The second-order valence-electron chi connectivity index (χ2n) is 8.52. The van der Waals surface area contributed by atoms with Crippen LogP contribution in [0.2, 0.25) is 0 Å². The van der Waals surface area contributed by atoms with Crippen molar-refractivity contribution >= 4 is 0 Å². The Labute approximate surface area is 229 Å². The highest BCUT2D eigenvalue weighted by Gasteiger charge is 2.15. The highest BCUT2D eigenvalue weighted by Crippen LogP contribution is 2.42. The Bertz CT molecular complexity index is 1270. The number of phenolic OH excluding ortho intramolecular Hbond substituents is 2. The van der Waals surface area contributed by atoms with Crippen molar-refractivity contribution in [1.29, 1.82) is 0 Å². The summed E-state index contributed by atoms with van der Waals surface area (Å²) in [5.74, 6) is 3.41. The minimum atomic E-state index is 0.0437. The lowest BCUT2D eigenvalue weighted by Gasteiger charge is -2.15. The van der Waals surface area contributed by atoms with Crippen molar-refractivity contribution in [3.8, 4) is 68.2 Å². The van der Waals surface area contributed by atoms with E-state index in [2.05, 4.69) is 0 Å². The topological polar surface area (TPSA) is 86.6 Å². The van der Waals surface area contributed by atoms with Crippen LogP contribution in [0.1, 0.15) is 27.7 Å². The lowest BCUT2D eigenvalue weighted by atomic mass is 10.0. The van der Waals surface area contributed by atoms with Crippen LogP contribution in [0.5, 0.6) is 46.0 Å². The van der Waals surface area contributed by atoms with Gasteiger partial charge in [-0.2, -0.15) is 0 Å². The second-order valence-corrected chi connectivity index (χ2v) is 8.52. The van der Waals surface area contributed by atoms with Crippen molar-refractivity contribution in [3.63, 3.8) is 0 Å². The first-order valence-electron chi connectivity index (χ1n) is 13.1. The molecule has 0 aliphatic carbocycles. The molecule has 0 aliphatic heterocycles. The van der Waals surface area contributed by atoms with Gasteiger partial charge in [-0.25, -0.2) is 0 Å². The fourth-order valence-electron chi connectivity index (χ4n) is 4.18. The minimum absolute atomic E-state index is 0.0437. The summed E-state index contributed by atoms with van der Waals surface area (Å²) in [6, 6.07) is 22.0. The van der Waals surface area contributed by atoms with Gasteiger partial charge >= 0.3 is 0 Å². The first kappa shape index (κ1) is 27.5. The van der Waals surface area contributed by atoms with Gasteiger partial charge in [0.25, 0.3) is 0 Å². The molecule has 0 radical (unpaired) electrons. The van der Waals surface area contributed by atoms with Gasteiger partial charge in [0, 0.05) is 23.3 Å². The van der Waals surface area contributed by atoms with Gasteiger partial charge in [0.2, 0.25) is 0 Å². The average Bonchev–Trinajstić information content (AvgIpc) is 2.93. The van der Waals surface area contributed by atoms with Crippen LogP contribution in [-0.2, 0) is 0 Å². The zero-order valence-corrected chi connectivity index (χ0v) is 22.7. The Morgan fingerprint density at radius 1 is 0.462 bits per heavy atom. The van der Waals surface area contributed by atoms with Crippen molar-refractivity contribution in [2.45, 2.75) is 27.7 Å². The fraction of sp³-hybridized carbons (Fsp3) is 0.250. The Balaban J connectivity index is 1.55. The predicted octanol–water partition coefficient (Wildman–Crippen LogP) is 7.82. The van der Waals surface area contributed by atoms with Crippen LogP contribution < -0.4 is 23.7 Å². The number of hydrogen-bond acceptors (Lipinski definition) is 7. The zero-order valence-electron chi connectivity index (χ0n) is 22.7. The van der Waals surface area contributed by atoms with E-state index in [1.165, 1.54) is 0 Å². The molecule has 0 atom stereocenters. The minimum Gasteiger partial charge on any atom is -0.504 e. The van der Waals surface area contributed by atoms with E-state index in [0.29, 0.717) is 60.9 Å². The molecular formula is C32H34O7. The highest BCUT2D eigenvalue weighted by molar-refractivity contribution is 5.76. The molecule has 7 nitrogen and oxygen atoms in total. The number of benzene rings is 4. The van der Waals surface area contributed by atoms with Crippen LogP contribution in [-0.4, -0.2) is 36.6 Å². The fourth-order valence-corrected chi connectivity index (χ4v) is 4.18. The Hall–Kier alpha value is -4.52. The largest absolute Gasteiger partial charge is 0.504 e. The Morgan fingerprint density at radius 3 is 1.13 bits per heavy atom. The van der Waals surface area contributed by atoms with Gasteiger partial charge in [0.1, 0.15) is 23.0 Å². The van der Waals surface area contributed by atoms with Crippen LogP contribution >= 0.6 is 0 Å². The van der Waals surface area contributed by atoms with Crippen molar-refractivity contribution in [1.82, 2.24) is 0 Å². The summed E-state index contributed by atoms with van der Waals surface area (Å²) < 4.78 is 28.7. The monoisotopic (exact) mass is 530 g/mol. The van der Waals surface area contributed by atoms with E-state index >= 15 is 0 Å². The third-order valence-electron chi connectivity index (χ3n) is 5.89. The smallest absolute Gasteiger partial charge is 0.161 e. The average molecular weight is 531 g/mol. The maximum atomic E-state index is 10.3. The molecular weight excluding hydrogens is 496 g/mol. The zero-order chi connectivity index (χ0) is 27.8. The molecule has 0 heterocycles. The van der Waals surface area contributed by atoms with Gasteiger partial charge in [-0.05, 0) is 75.2 Å². The van der Waals surface area contributed by atoms with E-state index in [9.17, 15) is 10.2 Å². The van der Waals surface area contributed by atoms with Crippen molar-refractivity contribution in [3.05, 3.63) is 72.8 Å². The Kier molecular flexibility index (Phi) is 9.05. The molecule has 7 heteroatoms. The van der Waals surface area contributed by atoms with Gasteiger partial charge in [-0.3, -0.25) is 0 Å². The van der Waals surface area contributed by atoms with E-state index in [-0.39, 0.29) is 11.5 Å². The van der Waals surface area contributed by atoms with E-state index in [1.54, 1.807) is 24.3 Å². The number of aromatic hydroxyl groups is 2. The first-order chi connectivity index (χ1) is 19.0. The SMILES string of the molecule is CCOc1cc(-c2ccc(Oc3ccc(-c4cc(OCC)c(O)cc4OCC)cc3)cc2)c(OCC)cc1O. The molecule has 0 spiro atoms. The highest BCUT2D eigenvalue weighted by atomic mass is 16.5. The normalized spacial score (nSPS) is 10.7. The molecule has 0 aliphatic rings. The molecule has 204 valence electrons. The van der Waals surface area contributed by atoms with Gasteiger partial charge in [-0.15, -0.1) is 0 Å². The van der Waals surface area contributed by atoms with E-state index in [1.807, 2.05) is 76.2 Å². The summed E-state index contributed by atoms with van der Waals surface area (Å²) in [6.45, 7) is 9.37. The quantitative estimate of drug-likeness (QED) is 0.193. The lowest BCUT2D eigenvalue weighted by Crippen LogP contribution is -1.97. The van der Waals surface area contributed by atoms with Crippen molar-refractivity contribution < 1.29 is 33.9 Å². The van der Waals surface area contributed by atoms with Crippen molar-refractivity contribution in [2.75, 3.05) is 26.4 Å².